The molecular formula is C19H23N3O3. The molecule has 0 N–H and O–H groups in total. The Hall–Kier alpha value is -2.63. The van der Waals surface area contributed by atoms with Crippen LogP contribution in [0.2, 0.25) is 0 Å². The summed E-state index contributed by atoms with van der Waals surface area (Å²) in [5.74, 6) is 2.03. The second kappa shape index (κ2) is 7.96. The highest BCUT2D eigenvalue weighted by molar-refractivity contribution is 5.76. The molecule has 0 saturated carbocycles. The van der Waals surface area contributed by atoms with E-state index >= 15 is 0 Å². The number of benzene rings is 1. The standard InChI is InChI=1S/C19H23N3O3/c1-3-17(23)22-12-6-7-14(13-22)18-19(21-11-10-20-18)25-16-9-5-4-8-15(16)24-2/h4-5,8-11,14H,3,6-7,12-13H2,1-2H3/t14-/m1/s1. The van der Waals surface area contributed by atoms with Crippen LogP contribution in [-0.4, -0.2) is 41.0 Å². The summed E-state index contributed by atoms with van der Waals surface area (Å²) >= 11 is 0. The molecule has 2 heterocycles. The van der Waals surface area contributed by atoms with Gasteiger partial charge in [-0.15, -0.1) is 0 Å². The van der Waals surface area contributed by atoms with Crippen LogP contribution in [0.5, 0.6) is 17.4 Å². The average Bonchev–Trinajstić information content (AvgIpc) is 2.68. The van der Waals surface area contributed by atoms with Gasteiger partial charge in [0, 0.05) is 37.8 Å². The summed E-state index contributed by atoms with van der Waals surface area (Å²) in [6.45, 7) is 3.37. The Morgan fingerprint density at radius 1 is 1.24 bits per heavy atom. The van der Waals surface area contributed by atoms with E-state index in [0.29, 0.717) is 30.3 Å². The van der Waals surface area contributed by atoms with Crippen LogP contribution in [-0.2, 0) is 4.79 Å². The quantitative estimate of drug-likeness (QED) is 0.834. The lowest BCUT2D eigenvalue weighted by Crippen LogP contribution is -2.39. The predicted octanol–water partition coefficient (Wildman–Crippen LogP) is 3.39. The molecule has 0 aliphatic carbocycles. The van der Waals surface area contributed by atoms with Crippen molar-refractivity contribution in [2.45, 2.75) is 32.1 Å². The number of nitrogens with zero attached hydrogens (tertiary/aromatic N) is 3. The fraction of sp³-hybridized carbons (Fsp3) is 0.421. The Morgan fingerprint density at radius 3 is 2.76 bits per heavy atom. The molecule has 1 aliphatic rings. The number of aromatic nitrogens is 2. The number of likely N-dealkylation sites (tertiary alicyclic amines) is 1. The number of piperidine rings is 1. The van der Waals surface area contributed by atoms with Gasteiger partial charge in [-0.2, -0.15) is 0 Å². The lowest BCUT2D eigenvalue weighted by Gasteiger charge is -2.32. The van der Waals surface area contributed by atoms with Crippen LogP contribution in [0.3, 0.4) is 0 Å². The highest BCUT2D eigenvalue weighted by Crippen LogP contribution is 2.35. The zero-order valence-electron chi connectivity index (χ0n) is 14.6. The molecule has 2 aromatic rings. The third kappa shape index (κ3) is 3.90. The van der Waals surface area contributed by atoms with Crippen molar-refractivity contribution < 1.29 is 14.3 Å². The summed E-state index contributed by atoms with van der Waals surface area (Å²) in [5, 5.41) is 0. The minimum atomic E-state index is 0.127. The van der Waals surface area contributed by atoms with Crippen LogP contribution in [0.1, 0.15) is 37.8 Å². The van der Waals surface area contributed by atoms with Gasteiger partial charge in [0.1, 0.15) is 5.69 Å². The Kier molecular flexibility index (Phi) is 5.48. The fourth-order valence-electron chi connectivity index (χ4n) is 3.15. The third-order valence-corrected chi connectivity index (χ3v) is 4.43. The van der Waals surface area contributed by atoms with Crippen molar-refractivity contribution in [1.82, 2.24) is 14.9 Å². The van der Waals surface area contributed by atoms with Gasteiger partial charge < -0.3 is 14.4 Å². The van der Waals surface area contributed by atoms with Gasteiger partial charge in [0.25, 0.3) is 0 Å². The number of rotatable bonds is 5. The van der Waals surface area contributed by atoms with Crippen molar-refractivity contribution in [3.8, 4) is 17.4 Å². The molecule has 1 atom stereocenters. The molecule has 1 amide bonds. The number of para-hydroxylation sites is 2. The van der Waals surface area contributed by atoms with E-state index in [9.17, 15) is 4.79 Å². The second-order valence-corrected chi connectivity index (χ2v) is 6.03. The van der Waals surface area contributed by atoms with Crippen molar-refractivity contribution in [2.75, 3.05) is 20.2 Å². The Bertz CT molecular complexity index is 735. The number of amides is 1. The Labute approximate surface area is 147 Å². The zero-order valence-corrected chi connectivity index (χ0v) is 14.6. The summed E-state index contributed by atoms with van der Waals surface area (Å²) in [6, 6.07) is 7.45. The molecule has 0 spiro atoms. The first-order valence-electron chi connectivity index (χ1n) is 8.62. The third-order valence-electron chi connectivity index (χ3n) is 4.43. The van der Waals surface area contributed by atoms with Gasteiger partial charge >= 0.3 is 0 Å². The molecule has 0 bridgehead atoms. The van der Waals surface area contributed by atoms with E-state index in [4.69, 9.17) is 9.47 Å². The summed E-state index contributed by atoms with van der Waals surface area (Å²) in [4.78, 5) is 22.8. The van der Waals surface area contributed by atoms with E-state index < -0.39 is 0 Å². The normalized spacial score (nSPS) is 17.2. The van der Waals surface area contributed by atoms with Gasteiger partial charge in [-0.25, -0.2) is 4.98 Å². The monoisotopic (exact) mass is 341 g/mol. The lowest BCUT2D eigenvalue weighted by molar-refractivity contribution is -0.132. The van der Waals surface area contributed by atoms with Crippen LogP contribution in [0, 0.1) is 0 Å². The van der Waals surface area contributed by atoms with Crippen molar-refractivity contribution in [3.05, 3.63) is 42.4 Å². The predicted molar refractivity (Wildman–Crippen MR) is 93.9 cm³/mol. The molecule has 3 rings (SSSR count). The van der Waals surface area contributed by atoms with Crippen molar-refractivity contribution >= 4 is 5.91 Å². The van der Waals surface area contributed by atoms with Crippen molar-refractivity contribution in [3.63, 3.8) is 0 Å². The number of carbonyl (C=O) groups is 1. The largest absolute Gasteiger partial charge is 0.493 e. The van der Waals surface area contributed by atoms with Crippen LogP contribution in [0.4, 0.5) is 0 Å². The number of methoxy groups -OCH3 is 1. The van der Waals surface area contributed by atoms with Gasteiger partial charge in [0.05, 0.1) is 7.11 Å². The van der Waals surface area contributed by atoms with E-state index in [0.717, 1.165) is 25.1 Å². The molecule has 1 aliphatic heterocycles. The maximum atomic E-state index is 12.0. The molecule has 25 heavy (non-hydrogen) atoms. The number of ether oxygens (including phenoxy) is 2. The van der Waals surface area contributed by atoms with E-state index in [-0.39, 0.29) is 11.8 Å². The Balaban J connectivity index is 1.84. The van der Waals surface area contributed by atoms with Crippen LogP contribution < -0.4 is 9.47 Å². The average molecular weight is 341 g/mol. The maximum Gasteiger partial charge on any atom is 0.241 e. The van der Waals surface area contributed by atoms with Gasteiger partial charge in [-0.3, -0.25) is 9.78 Å². The molecule has 6 nitrogen and oxygen atoms in total. The zero-order chi connectivity index (χ0) is 17.6. The summed E-state index contributed by atoms with van der Waals surface area (Å²) < 4.78 is 11.3. The summed E-state index contributed by atoms with van der Waals surface area (Å²) in [7, 11) is 1.61. The highest BCUT2D eigenvalue weighted by Gasteiger charge is 2.28. The molecule has 6 heteroatoms. The van der Waals surface area contributed by atoms with Gasteiger partial charge in [-0.05, 0) is 25.0 Å². The smallest absolute Gasteiger partial charge is 0.241 e. The topological polar surface area (TPSA) is 64.6 Å². The molecule has 0 unspecified atom stereocenters. The van der Waals surface area contributed by atoms with E-state index in [2.05, 4.69) is 9.97 Å². The van der Waals surface area contributed by atoms with E-state index in [1.54, 1.807) is 19.5 Å². The molecule has 1 aromatic carbocycles. The fourth-order valence-corrected chi connectivity index (χ4v) is 3.15. The molecule has 1 aromatic heterocycles. The maximum absolute atomic E-state index is 12.0. The number of carbonyl (C=O) groups excluding carboxylic acids is 1. The van der Waals surface area contributed by atoms with Crippen molar-refractivity contribution in [1.29, 1.82) is 0 Å². The van der Waals surface area contributed by atoms with Crippen LogP contribution in [0.15, 0.2) is 36.7 Å². The number of hydrogen-bond donors (Lipinski definition) is 0. The molecule has 132 valence electrons. The molecule has 1 saturated heterocycles. The Morgan fingerprint density at radius 2 is 2.00 bits per heavy atom. The highest BCUT2D eigenvalue weighted by atomic mass is 16.5. The summed E-state index contributed by atoms with van der Waals surface area (Å²) in [6.07, 6.45) is 5.74. The molecular weight excluding hydrogens is 318 g/mol. The summed E-state index contributed by atoms with van der Waals surface area (Å²) in [5.41, 5.74) is 0.794. The van der Waals surface area contributed by atoms with Crippen molar-refractivity contribution in [2.24, 2.45) is 0 Å². The van der Waals surface area contributed by atoms with E-state index in [1.807, 2.05) is 36.1 Å². The van der Waals surface area contributed by atoms with E-state index in [1.165, 1.54) is 0 Å². The second-order valence-electron chi connectivity index (χ2n) is 6.03. The lowest BCUT2D eigenvalue weighted by atomic mass is 9.94. The first-order chi connectivity index (χ1) is 12.2. The van der Waals surface area contributed by atoms with Crippen LogP contribution in [0.25, 0.3) is 0 Å². The molecule has 0 radical (unpaired) electrons. The minimum Gasteiger partial charge on any atom is -0.493 e. The SMILES string of the molecule is CCC(=O)N1CCC[C@@H](c2nccnc2Oc2ccccc2OC)C1. The van der Waals surface area contributed by atoms with Gasteiger partial charge in [-0.1, -0.05) is 19.1 Å². The van der Waals surface area contributed by atoms with Gasteiger partial charge in [0.2, 0.25) is 11.8 Å². The first kappa shape index (κ1) is 17.2. The number of hydrogen-bond acceptors (Lipinski definition) is 5. The van der Waals surface area contributed by atoms with Crippen LogP contribution >= 0.6 is 0 Å². The minimum absolute atomic E-state index is 0.127. The van der Waals surface area contributed by atoms with Gasteiger partial charge in [0.15, 0.2) is 11.5 Å². The first-order valence-corrected chi connectivity index (χ1v) is 8.62. The molecule has 1 fully saturated rings.